The lowest BCUT2D eigenvalue weighted by molar-refractivity contribution is 0.0952. The number of nitrogens with zero attached hydrogens (tertiary/aromatic N) is 1. The Bertz CT molecular complexity index is 851. The van der Waals surface area contributed by atoms with Crippen molar-refractivity contribution in [3.63, 3.8) is 0 Å². The van der Waals surface area contributed by atoms with Crippen LogP contribution in [0.25, 0.3) is 0 Å². The second kappa shape index (κ2) is 9.43. The molecule has 0 radical (unpaired) electrons. The van der Waals surface area contributed by atoms with Crippen molar-refractivity contribution in [2.45, 2.75) is 6.61 Å². The van der Waals surface area contributed by atoms with Crippen LogP contribution in [0.5, 0.6) is 5.75 Å². The molecule has 1 N–H and O–H groups in total. The first-order valence-electron chi connectivity index (χ1n) is 9.04. The number of anilines is 1. The highest BCUT2D eigenvalue weighted by Gasteiger charge is 2.11. The third-order valence-corrected chi connectivity index (χ3v) is 4.33. The molecule has 0 bridgehead atoms. The van der Waals surface area contributed by atoms with Gasteiger partial charge in [-0.3, -0.25) is 4.79 Å². The van der Waals surface area contributed by atoms with Gasteiger partial charge in [-0.05, 0) is 30.3 Å². The average Bonchev–Trinajstić information content (AvgIpc) is 2.73. The standard InChI is InChI=1S/C23H24N2O2/c1-25(20-11-4-2-5-12-20)17-16-24-23(26)22-15-9-8-10-19(22)18-27-21-13-6-3-7-14-21/h2-15H,16-18H2,1H3,(H,24,26). The van der Waals surface area contributed by atoms with Crippen LogP contribution in [0.15, 0.2) is 84.9 Å². The molecule has 0 saturated heterocycles. The van der Waals surface area contributed by atoms with Gasteiger partial charge in [0, 0.05) is 37.0 Å². The first kappa shape index (κ1) is 18.5. The zero-order chi connectivity index (χ0) is 18.9. The Labute approximate surface area is 160 Å². The molecular formula is C23H24N2O2. The van der Waals surface area contributed by atoms with Crippen LogP contribution in [0.1, 0.15) is 15.9 Å². The quantitative estimate of drug-likeness (QED) is 0.657. The molecule has 0 aliphatic carbocycles. The van der Waals surface area contributed by atoms with Crippen molar-refractivity contribution < 1.29 is 9.53 Å². The molecule has 0 unspecified atom stereocenters. The van der Waals surface area contributed by atoms with E-state index in [1.807, 2.05) is 79.8 Å². The van der Waals surface area contributed by atoms with Crippen LogP contribution in [0.3, 0.4) is 0 Å². The van der Waals surface area contributed by atoms with Crippen LogP contribution in [0.4, 0.5) is 5.69 Å². The zero-order valence-corrected chi connectivity index (χ0v) is 15.5. The Kier molecular flexibility index (Phi) is 6.47. The Hall–Kier alpha value is -3.27. The summed E-state index contributed by atoms with van der Waals surface area (Å²) in [6.07, 6.45) is 0. The molecule has 3 aromatic carbocycles. The van der Waals surface area contributed by atoms with Crippen molar-refractivity contribution in [2.24, 2.45) is 0 Å². The van der Waals surface area contributed by atoms with E-state index in [9.17, 15) is 4.79 Å². The van der Waals surface area contributed by atoms with Crippen LogP contribution in [-0.2, 0) is 6.61 Å². The van der Waals surface area contributed by atoms with Gasteiger partial charge in [-0.2, -0.15) is 0 Å². The first-order chi connectivity index (χ1) is 13.2. The van der Waals surface area contributed by atoms with E-state index in [-0.39, 0.29) is 5.91 Å². The van der Waals surface area contributed by atoms with E-state index in [1.165, 1.54) is 0 Å². The first-order valence-corrected chi connectivity index (χ1v) is 9.04. The summed E-state index contributed by atoms with van der Waals surface area (Å²) in [4.78, 5) is 14.7. The molecule has 0 aliphatic rings. The predicted molar refractivity (Wildman–Crippen MR) is 109 cm³/mol. The van der Waals surface area contributed by atoms with Gasteiger partial charge in [0.2, 0.25) is 0 Å². The normalized spacial score (nSPS) is 10.3. The van der Waals surface area contributed by atoms with Crippen molar-refractivity contribution in [2.75, 3.05) is 25.0 Å². The fraction of sp³-hybridized carbons (Fsp3) is 0.174. The van der Waals surface area contributed by atoms with Gasteiger partial charge in [0.25, 0.3) is 5.91 Å². The van der Waals surface area contributed by atoms with Gasteiger partial charge >= 0.3 is 0 Å². The fourth-order valence-electron chi connectivity index (χ4n) is 2.79. The maximum absolute atomic E-state index is 12.6. The lowest BCUT2D eigenvalue weighted by atomic mass is 10.1. The Balaban J connectivity index is 1.55. The van der Waals surface area contributed by atoms with Gasteiger partial charge < -0.3 is 15.0 Å². The van der Waals surface area contributed by atoms with Crippen molar-refractivity contribution in [1.29, 1.82) is 0 Å². The van der Waals surface area contributed by atoms with Crippen LogP contribution >= 0.6 is 0 Å². The van der Waals surface area contributed by atoms with Crippen LogP contribution in [0, 0.1) is 0 Å². The van der Waals surface area contributed by atoms with Crippen LogP contribution in [0.2, 0.25) is 0 Å². The molecule has 3 aromatic rings. The van der Waals surface area contributed by atoms with Crippen molar-refractivity contribution >= 4 is 11.6 Å². The average molecular weight is 360 g/mol. The minimum Gasteiger partial charge on any atom is -0.489 e. The van der Waals surface area contributed by atoms with E-state index in [4.69, 9.17) is 4.74 Å². The molecule has 3 rings (SSSR count). The third-order valence-electron chi connectivity index (χ3n) is 4.33. The number of likely N-dealkylation sites (N-methyl/N-ethyl adjacent to an activating group) is 1. The monoisotopic (exact) mass is 360 g/mol. The second-order valence-corrected chi connectivity index (χ2v) is 6.27. The number of hydrogen-bond donors (Lipinski definition) is 1. The smallest absolute Gasteiger partial charge is 0.251 e. The number of hydrogen-bond acceptors (Lipinski definition) is 3. The lowest BCUT2D eigenvalue weighted by Gasteiger charge is -2.19. The van der Waals surface area contributed by atoms with Gasteiger partial charge in [-0.15, -0.1) is 0 Å². The molecule has 0 spiro atoms. The summed E-state index contributed by atoms with van der Waals surface area (Å²) >= 11 is 0. The number of para-hydroxylation sites is 2. The predicted octanol–water partition coefficient (Wildman–Crippen LogP) is 4.13. The molecule has 0 fully saturated rings. The number of ether oxygens (including phenoxy) is 1. The zero-order valence-electron chi connectivity index (χ0n) is 15.5. The molecular weight excluding hydrogens is 336 g/mol. The number of nitrogens with one attached hydrogen (secondary N) is 1. The molecule has 0 saturated carbocycles. The van der Waals surface area contributed by atoms with Gasteiger partial charge in [0.05, 0.1) is 0 Å². The SMILES string of the molecule is CN(CCNC(=O)c1ccccc1COc1ccccc1)c1ccccc1. The van der Waals surface area contributed by atoms with Crippen LogP contribution < -0.4 is 15.0 Å². The Morgan fingerprint density at radius 3 is 2.26 bits per heavy atom. The summed E-state index contributed by atoms with van der Waals surface area (Å²) in [6.45, 7) is 1.66. The molecule has 0 aromatic heterocycles. The van der Waals surface area contributed by atoms with E-state index < -0.39 is 0 Å². The van der Waals surface area contributed by atoms with Crippen LogP contribution in [-0.4, -0.2) is 26.0 Å². The van der Waals surface area contributed by atoms with Gasteiger partial charge in [0.1, 0.15) is 12.4 Å². The molecule has 4 nitrogen and oxygen atoms in total. The molecule has 4 heteroatoms. The molecule has 27 heavy (non-hydrogen) atoms. The molecule has 0 heterocycles. The fourth-order valence-corrected chi connectivity index (χ4v) is 2.79. The minimum absolute atomic E-state index is 0.0799. The highest BCUT2D eigenvalue weighted by Crippen LogP contribution is 2.15. The summed E-state index contributed by atoms with van der Waals surface area (Å²) in [5, 5.41) is 3.00. The maximum atomic E-state index is 12.6. The topological polar surface area (TPSA) is 41.6 Å². The van der Waals surface area contributed by atoms with Crippen molar-refractivity contribution in [3.05, 3.63) is 96.1 Å². The highest BCUT2D eigenvalue weighted by molar-refractivity contribution is 5.95. The van der Waals surface area contributed by atoms with Crippen molar-refractivity contribution in [3.8, 4) is 5.75 Å². The maximum Gasteiger partial charge on any atom is 0.251 e. The molecule has 138 valence electrons. The van der Waals surface area contributed by atoms with Gasteiger partial charge in [-0.1, -0.05) is 54.6 Å². The highest BCUT2D eigenvalue weighted by atomic mass is 16.5. The molecule has 0 atom stereocenters. The van der Waals surface area contributed by atoms with Gasteiger partial charge in [-0.25, -0.2) is 0 Å². The number of amides is 1. The van der Waals surface area contributed by atoms with Crippen molar-refractivity contribution in [1.82, 2.24) is 5.32 Å². The minimum atomic E-state index is -0.0799. The van der Waals surface area contributed by atoms with E-state index in [0.29, 0.717) is 18.7 Å². The summed E-state index contributed by atoms with van der Waals surface area (Å²) in [7, 11) is 2.02. The largest absolute Gasteiger partial charge is 0.489 e. The summed E-state index contributed by atoms with van der Waals surface area (Å²) in [5.41, 5.74) is 2.65. The number of carbonyl (C=O) groups excluding carboxylic acids is 1. The number of carbonyl (C=O) groups is 1. The third kappa shape index (κ3) is 5.35. The van der Waals surface area contributed by atoms with E-state index in [2.05, 4.69) is 22.3 Å². The molecule has 0 aliphatic heterocycles. The van der Waals surface area contributed by atoms with E-state index in [1.54, 1.807) is 0 Å². The summed E-state index contributed by atoms with van der Waals surface area (Å²) in [5.74, 6) is 0.709. The Morgan fingerprint density at radius 1 is 0.889 bits per heavy atom. The van der Waals surface area contributed by atoms with Gasteiger partial charge in [0.15, 0.2) is 0 Å². The number of rotatable bonds is 8. The van der Waals surface area contributed by atoms with E-state index in [0.717, 1.165) is 23.5 Å². The van der Waals surface area contributed by atoms with E-state index >= 15 is 0 Å². The second-order valence-electron chi connectivity index (χ2n) is 6.27. The Morgan fingerprint density at radius 2 is 1.52 bits per heavy atom. The number of benzene rings is 3. The molecule has 1 amide bonds. The lowest BCUT2D eigenvalue weighted by Crippen LogP contribution is -2.33. The summed E-state index contributed by atoms with van der Waals surface area (Å²) in [6, 6.07) is 27.3. The summed E-state index contributed by atoms with van der Waals surface area (Å²) < 4.78 is 5.80.